The number of thiazole rings is 1. The van der Waals surface area contributed by atoms with Gasteiger partial charge in [0.2, 0.25) is 6.79 Å². The second kappa shape index (κ2) is 8.89. The number of nitrogens with one attached hydrogen (secondary N) is 2. The van der Waals surface area contributed by atoms with Gasteiger partial charge in [0.25, 0.3) is 11.8 Å². The SMILES string of the molecule is O=C(NNC(=O)c1ccc2c(c1)OCO2)c1ccc(CSc2nc3ccccc3s2)cc1. The van der Waals surface area contributed by atoms with E-state index in [0.29, 0.717) is 22.6 Å². The predicted molar refractivity (Wildman–Crippen MR) is 123 cm³/mol. The molecule has 1 aromatic heterocycles. The second-order valence-corrected chi connectivity index (χ2v) is 9.16. The quantitative estimate of drug-likeness (QED) is 0.337. The van der Waals surface area contributed by atoms with E-state index < -0.39 is 11.8 Å². The van der Waals surface area contributed by atoms with E-state index in [4.69, 9.17) is 9.47 Å². The molecule has 0 unspecified atom stereocenters. The van der Waals surface area contributed by atoms with E-state index in [1.807, 2.05) is 30.3 Å². The highest BCUT2D eigenvalue weighted by atomic mass is 32.2. The minimum Gasteiger partial charge on any atom is -0.454 e. The second-order valence-electron chi connectivity index (χ2n) is 6.91. The maximum Gasteiger partial charge on any atom is 0.269 e. The van der Waals surface area contributed by atoms with E-state index in [-0.39, 0.29) is 6.79 Å². The van der Waals surface area contributed by atoms with Crippen LogP contribution in [-0.4, -0.2) is 23.6 Å². The van der Waals surface area contributed by atoms with Crippen molar-refractivity contribution < 1.29 is 19.1 Å². The molecular weight excluding hydrogens is 446 g/mol. The Labute approximate surface area is 191 Å². The van der Waals surface area contributed by atoms with Crippen LogP contribution < -0.4 is 20.3 Å². The van der Waals surface area contributed by atoms with Crippen molar-refractivity contribution in [2.75, 3.05) is 6.79 Å². The Morgan fingerprint density at radius 2 is 1.62 bits per heavy atom. The molecule has 0 saturated heterocycles. The minimum atomic E-state index is -0.444. The van der Waals surface area contributed by atoms with Gasteiger partial charge in [-0.2, -0.15) is 0 Å². The maximum absolute atomic E-state index is 12.4. The molecule has 2 amide bonds. The molecule has 0 bridgehead atoms. The van der Waals surface area contributed by atoms with Crippen LogP contribution in [0.3, 0.4) is 0 Å². The largest absolute Gasteiger partial charge is 0.454 e. The molecule has 3 aromatic carbocycles. The number of carbonyl (C=O) groups excluding carboxylic acids is 2. The van der Waals surface area contributed by atoms with Gasteiger partial charge >= 0.3 is 0 Å². The van der Waals surface area contributed by atoms with Crippen LogP contribution in [0.4, 0.5) is 0 Å². The topological polar surface area (TPSA) is 89.6 Å². The molecule has 0 fully saturated rings. The first-order valence-corrected chi connectivity index (χ1v) is 11.5. The molecule has 0 saturated carbocycles. The first-order chi connectivity index (χ1) is 15.7. The molecule has 2 heterocycles. The fourth-order valence-electron chi connectivity index (χ4n) is 3.11. The van der Waals surface area contributed by atoms with Crippen LogP contribution in [0.15, 0.2) is 71.1 Å². The number of hydrazine groups is 1. The summed E-state index contributed by atoms with van der Waals surface area (Å²) in [5.41, 5.74) is 7.74. The summed E-state index contributed by atoms with van der Waals surface area (Å²) in [6.45, 7) is 0.131. The molecule has 0 spiro atoms. The first kappa shape index (κ1) is 20.3. The zero-order valence-electron chi connectivity index (χ0n) is 16.7. The van der Waals surface area contributed by atoms with Crippen LogP contribution in [0.1, 0.15) is 26.3 Å². The fourth-order valence-corrected chi connectivity index (χ4v) is 5.13. The fraction of sp³-hybridized carbons (Fsp3) is 0.0870. The Balaban J connectivity index is 1.14. The van der Waals surface area contributed by atoms with Crippen molar-refractivity contribution in [2.45, 2.75) is 10.1 Å². The molecule has 1 aliphatic rings. The molecule has 0 aliphatic carbocycles. The van der Waals surface area contributed by atoms with Crippen LogP contribution in [0.5, 0.6) is 11.5 Å². The summed E-state index contributed by atoms with van der Waals surface area (Å²) in [6.07, 6.45) is 0. The average Bonchev–Trinajstić information content (AvgIpc) is 3.47. The van der Waals surface area contributed by atoms with Gasteiger partial charge in [-0.1, -0.05) is 36.0 Å². The van der Waals surface area contributed by atoms with Crippen LogP contribution in [0.25, 0.3) is 10.2 Å². The number of hydrogen-bond acceptors (Lipinski definition) is 7. The molecule has 5 rings (SSSR count). The van der Waals surface area contributed by atoms with E-state index >= 15 is 0 Å². The van der Waals surface area contributed by atoms with Crippen LogP contribution in [0.2, 0.25) is 0 Å². The van der Waals surface area contributed by atoms with Crippen molar-refractivity contribution in [3.05, 3.63) is 83.4 Å². The summed E-state index contributed by atoms with van der Waals surface area (Å²) in [6, 6.07) is 20.2. The molecular formula is C23H17N3O4S2. The molecule has 32 heavy (non-hydrogen) atoms. The highest BCUT2D eigenvalue weighted by Crippen LogP contribution is 2.33. The monoisotopic (exact) mass is 463 g/mol. The summed E-state index contributed by atoms with van der Waals surface area (Å²) >= 11 is 3.34. The predicted octanol–water partition coefficient (Wildman–Crippen LogP) is 4.39. The van der Waals surface area contributed by atoms with E-state index in [2.05, 4.69) is 21.9 Å². The number of para-hydroxylation sites is 1. The van der Waals surface area contributed by atoms with E-state index in [9.17, 15) is 9.59 Å². The van der Waals surface area contributed by atoms with Crippen molar-refractivity contribution in [3.8, 4) is 11.5 Å². The number of carbonyl (C=O) groups is 2. The Bertz CT molecular complexity index is 1270. The molecule has 7 nitrogen and oxygen atoms in total. The van der Waals surface area contributed by atoms with Crippen LogP contribution >= 0.6 is 23.1 Å². The summed E-state index contributed by atoms with van der Waals surface area (Å²) < 4.78 is 12.7. The molecule has 0 radical (unpaired) electrons. The molecule has 0 atom stereocenters. The van der Waals surface area contributed by atoms with Crippen molar-refractivity contribution in [3.63, 3.8) is 0 Å². The lowest BCUT2D eigenvalue weighted by Gasteiger charge is -2.08. The zero-order valence-corrected chi connectivity index (χ0v) is 18.3. The number of nitrogens with zero attached hydrogens (tertiary/aromatic N) is 1. The van der Waals surface area contributed by atoms with Gasteiger partial charge in [0.15, 0.2) is 15.8 Å². The van der Waals surface area contributed by atoms with Crippen molar-refractivity contribution in [1.82, 2.24) is 15.8 Å². The average molecular weight is 464 g/mol. The first-order valence-electron chi connectivity index (χ1n) is 9.73. The van der Waals surface area contributed by atoms with Gasteiger partial charge in [0.05, 0.1) is 10.2 Å². The highest BCUT2D eigenvalue weighted by molar-refractivity contribution is 8.00. The lowest BCUT2D eigenvalue weighted by molar-refractivity contribution is 0.0846. The van der Waals surface area contributed by atoms with Crippen molar-refractivity contribution in [1.29, 1.82) is 0 Å². The molecule has 4 aromatic rings. The highest BCUT2D eigenvalue weighted by Gasteiger charge is 2.16. The van der Waals surface area contributed by atoms with Crippen molar-refractivity contribution >= 4 is 45.1 Å². The summed E-state index contributed by atoms with van der Waals surface area (Å²) in [5.74, 6) is 1.00. The summed E-state index contributed by atoms with van der Waals surface area (Å²) in [4.78, 5) is 29.3. The Morgan fingerprint density at radius 3 is 2.44 bits per heavy atom. The van der Waals surface area contributed by atoms with E-state index in [1.54, 1.807) is 53.4 Å². The number of thioether (sulfide) groups is 1. The van der Waals surface area contributed by atoms with Crippen molar-refractivity contribution in [2.24, 2.45) is 0 Å². The number of rotatable bonds is 5. The van der Waals surface area contributed by atoms with E-state index in [0.717, 1.165) is 21.2 Å². The zero-order chi connectivity index (χ0) is 21.9. The number of fused-ring (bicyclic) bond motifs is 2. The Hall–Kier alpha value is -3.56. The third-order valence-corrected chi connectivity index (χ3v) is 7.03. The molecule has 9 heteroatoms. The maximum atomic E-state index is 12.4. The number of hydrogen-bond donors (Lipinski definition) is 2. The van der Waals surface area contributed by atoms with Gasteiger partial charge in [-0.05, 0) is 48.0 Å². The lowest BCUT2D eigenvalue weighted by Crippen LogP contribution is -2.41. The Kier molecular flexibility index (Phi) is 5.66. The van der Waals surface area contributed by atoms with Gasteiger partial charge in [0.1, 0.15) is 0 Å². The van der Waals surface area contributed by atoms with Gasteiger partial charge in [-0.25, -0.2) is 4.98 Å². The van der Waals surface area contributed by atoms with E-state index in [1.165, 1.54) is 4.70 Å². The number of ether oxygens (including phenoxy) is 2. The molecule has 1 aliphatic heterocycles. The number of amides is 2. The van der Waals surface area contributed by atoms with Gasteiger partial charge in [0, 0.05) is 16.9 Å². The third kappa shape index (κ3) is 4.39. The van der Waals surface area contributed by atoms with Gasteiger partial charge in [-0.3, -0.25) is 20.4 Å². The van der Waals surface area contributed by atoms with Crippen LogP contribution in [-0.2, 0) is 5.75 Å². The smallest absolute Gasteiger partial charge is 0.269 e. The minimum absolute atomic E-state index is 0.131. The number of aromatic nitrogens is 1. The Morgan fingerprint density at radius 1 is 0.906 bits per heavy atom. The van der Waals surface area contributed by atoms with Gasteiger partial charge < -0.3 is 9.47 Å². The number of benzene rings is 3. The normalized spacial score (nSPS) is 12.0. The molecule has 160 valence electrons. The summed E-state index contributed by atoms with van der Waals surface area (Å²) in [5, 5.41) is 0. The van der Waals surface area contributed by atoms with Gasteiger partial charge in [-0.15, -0.1) is 11.3 Å². The molecule has 2 N–H and O–H groups in total. The third-order valence-electron chi connectivity index (χ3n) is 4.78. The standard InChI is InChI=1S/C23H17N3O4S2/c27-21(25-26-22(28)16-9-10-18-19(11-16)30-13-29-18)15-7-5-14(6-8-15)12-31-23-24-17-3-1-2-4-20(17)32-23/h1-11H,12-13H2,(H,25,27)(H,26,28). The van der Waals surface area contributed by atoms with Crippen LogP contribution in [0, 0.1) is 0 Å². The summed E-state index contributed by atoms with van der Waals surface area (Å²) in [7, 11) is 0. The lowest BCUT2D eigenvalue weighted by atomic mass is 10.1.